The number of aryl methyl sites for hydroxylation is 1. The van der Waals surface area contributed by atoms with Gasteiger partial charge in [-0.15, -0.1) is 12.4 Å². The summed E-state index contributed by atoms with van der Waals surface area (Å²) in [6.45, 7) is 6.35. The quantitative estimate of drug-likeness (QED) is 0.265. The highest BCUT2D eigenvalue weighted by Gasteiger charge is 2.26. The van der Waals surface area contributed by atoms with Crippen molar-refractivity contribution in [3.63, 3.8) is 0 Å². The zero-order chi connectivity index (χ0) is 24.3. The highest BCUT2D eigenvalue weighted by Crippen LogP contribution is 2.41. The van der Waals surface area contributed by atoms with Gasteiger partial charge in [-0.25, -0.2) is 9.97 Å². The Morgan fingerprint density at radius 2 is 1.81 bits per heavy atom. The first-order valence-corrected chi connectivity index (χ1v) is 13.1. The van der Waals surface area contributed by atoms with Gasteiger partial charge in [0.05, 0.1) is 5.69 Å². The Morgan fingerprint density at radius 1 is 0.973 bits per heavy atom. The summed E-state index contributed by atoms with van der Waals surface area (Å²) in [7, 11) is 0. The minimum absolute atomic E-state index is 0. The summed E-state index contributed by atoms with van der Waals surface area (Å²) in [5.41, 5.74) is 6.79. The Hall–Kier alpha value is -3.29. The van der Waals surface area contributed by atoms with E-state index in [1.165, 1.54) is 49.0 Å². The number of nitrogens with one attached hydrogen (secondary N) is 1. The molecule has 0 amide bonds. The number of rotatable bonds is 8. The van der Waals surface area contributed by atoms with Gasteiger partial charge in [0.15, 0.2) is 5.82 Å². The van der Waals surface area contributed by atoms with Crippen molar-refractivity contribution >= 4 is 18.2 Å². The number of anilines is 1. The van der Waals surface area contributed by atoms with Crippen molar-refractivity contribution in [3.05, 3.63) is 77.0 Å². The Balaban J connectivity index is 0.00000280. The molecule has 1 saturated heterocycles. The van der Waals surface area contributed by atoms with Gasteiger partial charge in [0.25, 0.3) is 5.89 Å². The highest BCUT2D eigenvalue weighted by atomic mass is 35.5. The zero-order valence-electron chi connectivity index (χ0n) is 21.2. The molecular formula is C29H33ClN6O. The second-order valence-electron chi connectivity index (χ2n) is 9.85. The lowest BCUT2D eigenvalue weighted by Crippen LogP contribution is -2.31. The van der Waals surface area contributed by atoms with Crippen LogP contribution in [0, 0.1) is 6.92 Å². The highest BCUT2D eigenvalue weighted by molar-refractivity contribution is 5.86. The molecule has 0 unspecified atom stereocenters. The van der Waals surface area contributed by atoms with Crippen LogP contribution >= 0.6 is 12.4 Å². The fraction of sp³-hybridized carbons (Fsp3) is 0.379. The zero-order valence-corrected chi connectivity index (χ0v) is 22.1. The maximum atomic E-state index is 5.41. The van der Waals surface area contributed by atoms with Crippen molar-refractivity contribution in [1.29, 1.82) is 0 Å². The van der Waals surface area contributed by atoms with E-state index in [1.807, 2.05) is 13.0 Å². The van der Waals surface area contributed by atoms with Crippen LogP contribution in [0.15, 0.2) is 53.1 Å². The minimum Gasteiger partial charge on any atom is -0.369 e. The molecule has 7 nitrogen and oxygen atoms in total. The van der Waals surface area contributed by atoms with Crippen molar-refractivity contribution in [3.8, 4) is 22.6 Å². The standard InChI is InChI=1S/C29H32N6O.ClH/c1-20-31-29(36-34-20)22-11-12-24-23(18-22)19-25-27(24)28(30-13-8-16-35-14-6-3-7-15-35)33-26(32-25)17-21-9-4-2-5-10-21;/h2,4-5,9-12,18H,3,6-8,13-17,19H2,1H3,(H,30,32,33);1H. The molecule has 1 fully saturated rings. The molecule has 6 rings (SSSR count). The average molecular weight is 517 g/mol. The van der Waals surface area contributed by atoms with Crippen molar-refractivity contribution < 1.29 is 4.52 Å². The van der Waals surface area contributed by atoms with Crippen LogP contribution in [0.1, 0.15) is 54.2 Å². The van der Waals surface area contributed by atoms with Crippen LogP contribution in [0.2, 0.25) is 0 Å². The maximum Gasteiger partial charge on any atom is 0.257 e. The van der Waals surface area contributed by atoms with Crippen LogP contribution in [0.3, 0.4) is 0 Å². The van der Waals surface area contributed by atoms with E-state index in [-0.39, 0.29) is 12.4 Å². The Bertz CT molecular complexity index is 1350. The molecule has 2 aliphatic rings. The third kappa shape index (κ3) is 5.68. The van der Waals surface area contributed by atoms with E-state index >= 15 is 0 Å². The average Bonchev–Trinajstić information content (AvgIpc) is 3.50. The molecule has 0 spiro atoms. The molecule has 0 bridgehead atoms. The Kier molecular flexibility index (Phi) is 7.82. The van der Waals surface area contributed by atoms with E-state index in [4.69, 9.17) is 14.5 Å². The summed E-state index contributed by atoms with van der Waals surface area (Å²) in [6, 6.07) is 16.8. The minimum atomic E-state index is 0. The molecule has 4 aromatic rings. The number of benzene rings is 2. The van der Waals surface area contributed by atoms with Crippen LogP contribution in [-0.4, -0.2) is 51.2 Å². The molecule has 192 valence electrons. The Morgan fingerprint density at radius 3 is 2.59 bits per heavy atom. The molecule has 2 aromatic heterocycles. The molecule has 8 heteroatoms. The van der Waals surface area contributed by atoms with E-state index in [0.29, 0.717) is 11.7 Å². The number of hydrogen-bond donors (Lipinski definition) is 1. The predicted molar refractivity (Wildman–Crippen MR) is 148 cm³/mol. The lowest BCUT2D eigenvalue weighted by Gasteiger charge is -2.26. The first-order valence-electron chi connectivity index (χ1n) is 13.1. The van der Waals surface area contributed by atoms with Crippen molar-refractivity contribution in [2.24, 2.45) is 0 Å². The van der Waals surface area contributed by atoms with Gasteiger partial charge < -0.3 is 14.7 Å². The van der Waals surface area contributed by atoms with Crippen LogP contribution in [0.5, 0.6) is 0 Å². The molecule has 0 radical (unpaired) electrons. The first-order chi connectivity index (χ1) is 17.7. The third-order valence-corrected chi connectivity index (χ3v) is 7.13. The number of hydrogen-bond acceptors (Lipinski definition) is 7. The van der Waals surface area contributed by atoms with Gasteiger partial charge >= 0.3 is 0 Å². The largest absolute Gasteiger partial charge is 0.369 e. The summed E-state index contributed by atoms with van der Waals surface area (Å²) >= 11 is 0. The van der Waals surface area contributed by atoms with Gasteiger partial charge in [0, 0.05) is 30.5 Å². The fourth-order valence-corrected chi connectivity index (χ4v) is 5.36. The normalized spacial score (nSPS) is 14.6. The smallest absolute Gasteiger partial charge is 0.257 e. The van der Waals surface area contributed by atoms with E-state index in [2.05, 4.69) is 62.8 Å². The number of aromatic nitrogens is 4. The molecule has 2 aromatic carbocycles. The van der Waals surface area contributed by atoms with Crippen LogP contribution in [0.25, 0.3) is 22.6 Å². The lowest BCUT2D eigenvalue weighted by atomic mass is 10.0. The van der Waals surface area contributed by atoms with Crippen molar-refractivity contribution in [2.45, 2.75) is 45.4 Å². The van der Waals surface area contributed by atoms with Gasteiger partial charge in [-0.05, 0) is 74.6 Å². The van der Waals surface area contributed by atoms with E-state index in [9.17, 15) is 0 Å². The van der Waals surface area contributed by atoms with Gasteiger partial charge in [-0.2, -0.15) is 4.98 Å². The van der Waals surface area contributed by atoms with E-state index in [1.54, 1.807) is 0 Å². The van der Waals surface area contributed by atoms with Crippen molar-refractivity contribution in [2.75, 3.05) is 31.5 Å². The van der Waals surface area contributed by atoms with Crippen LogP contribution in [-0.2, 0) is 12.8 Å². The van der Waals surface area contributed by atoms with Gasteiger partial charge in [0.2, 0.25) is 0 Å². The van der Waals surface area contributed by atoms with Gasteiger partial charge in [-0.1, -0.05) is 48.0 Å². The molecule has 1 N–H and O–H groups in total. The van der Waals surface area contributed by atoms with Crippen LogP contribution in [0.4, 0.5) is 5.82 Å². The third-order valence-electron chi connectivity index (χ3n) is 7.13. The fourth-order valence-electron chi connectivity index (χ4n) is 5.36. The number of piperidine rings is 1. The molecule has 1 aliphatic carbocycles. The maximum absolute atomic E-state index is 5.41. The lowest BCUT2D eigenvalue weighted by molar-refractivity contribution is 0.228. The monoisotopic (exact) mass is 516 g/mol. The van der Waals surface area contributed by atoms with E-state index in [0.717, 1.165) is 60.8 Å². The van der Waals surface area contributed by atoms with Gasteiger partial charge in [0.1, 0.15) is 11.6 Å². The van der Waals surface area contributed by atoms with Gasteiger partial charge in [-0.3, -0.25) is 0 Å². The van der Waals surface area contributed by atoms with Crippen LogP contribution < -0.4 is 5.32 Å². The number of nitrogens with zero attached hydrogens (tertiary/aromatic N) is 5. The number of fused-ring (bicyclic) bond motifs is 3. The number of halogens is 1. The molecule has 0 atom stereocenters. The second kappa shape index (κ2) is 11.4. The summed E-state index contributed by atoms with van der Waals surface area (Å²) in [5.74, 6) is 3.00. The van der Waals surface area contributed by atoms with Crippen molar-refractivity contribution in [1.82, 2.24) is 25.0 Å². The number of likely N-dealkylation sites (tertiary alicyclic amines) is 1. The SMILES string of the molecule is Cc1noc(-c2ccc3c(c2)Cc2nc(Cc4ccccc4)nc(NCCCN4CCCCC4)c2-3)n1.Cl. The predicted octanol–water partition coefficient (Wildman–Crippen LogP) is 5.71. The topological polar surface area (TPSA) is 80.0 Å². The van der Waals surface area contributed by atoms with E-state index < -0.39 is 0 Å². The molecule has 3 heterocycles. The summed E-state index contributed by atoms with van der Waals surface area (Å²) in [5, 5.41) is 7.63. The molecular weight excluding hydrogens is 484 g/mol. The summed E-state index contributed by atoms with van der Waals surface area (Å²) in [6.07, 6.45) is 6.64. The molecule has 1 aliphatic heterocycles. The second-order valence-corrected chi connectivity index (χ2v) is 9.85. The first kappa shape index (κ1) is 25.4. The molecule has 37 heavy (non-hydrogen) atoms. The summed E-state index contributed by atoms with van der Waals surface area (Å²) in [4.78, 5) is 17.0. The molecule has 0 saturated carbocycles. The summed E-state index contributed by atoms with van der Waals surface area (Å²) < 4.78 is 5.41. The Labute approximate surface area is 224 Å².